The maximum absolute atomic E-state index is 12.4. The number of rotatable bonds is 2. The van der Waals surface area contributed by atoms with E-state index in [-0.39, 0.29) is 16.6 Å². The van der Waals surface area contributed by atoms with Gasteiger partial charge in [-0.2, -0.15) is 0 Å². The minimum absolute atomic E-state index is 0.00430. The number of benzene rings is 1. The number of nitrogens with zero attached hydrogens (tertiary/aromatic N) is 1. The summed E-state index contributed by atoms with van der Waals surface area (Å²) in [7, 11) is -1.40. The monoisotopic (exact) mass is 307 g/mol. The summed E-state index contributed by atoms with van der Waals surface area (Å²) in [6.07, 6.45) is 2.76. The summed E-state index contributed by atoms with van der Waals surface area (Å²) < 4.78 is 24.7. The van der Waals surface area contributed by atoms with E-state index in [1.54, 1.807) is 12.3 Å². The molecule has 1 heterocycles. The van der Waals surface area contributed by atoms with Crippen LogP contribution in [-0.2, 0) is 28.1 Å². The lowest BCUT2D eigenvalue weighted by atomic mass is 9.86. The van der Waals surface area contributed by atoms with Gasteiger partial charge in [-0.15, -0.1) is 0 Å². The fourth-order valence-corrected chi connectivity index (χ4v) is 3.17. The van der Waals surface area contributed by atoms with Gasteiger partial charge >= 0.3 is 0 Å². The van der Waals surface area contributed by atoms with E-state index in [2.05, 4.69) is 20.8 Å². The predicted octanol–water partition coefficient (Wildman–Crippen LogP) is 2.38. The Hall–Kier alpha value is -1.62. The molecule has 21 heavy (non-hydrogen) atoms. The zero-order valence-electron chi connectivity index (χ0n) is 13.1. The number of aryl methyl sites for hydroxylation is 1. The highest BCUT2D eigenvalue weighted by atomic mass is 32.2. The van der Waals surface area contributed by atoms with E-state index in [0.717, 1.165) is 17.3 Å². The highest BCUT2D eigenvalue weighted by molar-refractivity contribution is 7.89. The highest BCUT2D eigenvalue weighted by Crippen LogP contribution is 2.25. The highest BCUT2D eigenvalue weighted by Gasteiger charge is 2.17. The van der Waals surface area contributed by atoms with Crippen molar-refractivity contribution in [2.45, 2.75) is 31.9 Å². The van der Waals surface area contributed by atoms with Crippen LogP contribution in [0.2, 0.25) is 0 Å². The van der Waals surface area contributed by atoms with Gasteiger partial charge in [0, 0.05) is 30.4 Å². The summed E-state index contributed by atoms with van der Waals surface area (Å²) >= 11 is 0. The first-order valence-electron chi connectivity index (χ1n) is 6.79. The van der Waals surface area contributed by atoms with Gasteiger partial charge in [0.1, 0.15) is 0 Å². The molecule has 0 aliphatic rings. The van der Waals surface area contributed by atoms with Gasteiger partial charge in [0.05, 0.1) is 11.3 Å². The van der Waals surface area contributed by atoms with Gasteiger partial charge in [-0.05, 0) is 23.1 Å². The minimum Gasteiger partial charge on any atom is -0.350 e. The molecular formula is C16H21NO3S. The number of fused-ring (bicyclic) bond motifs is 1. The molecule has 0 radical (unpaired) electrons. The van der Waals surface area contributed by atoms with Crippen molar-refractivity contribution in [1.29, 1.82) is 0 Å². The fraction of sp³-hybridized carbons (Fsp3) is 0.438. The number of aromatic nitrogens is 1. The Morgan fingerprint density at radius 3 is 2.33 bits per heavy atom. The van der Waals surface area contributed by atoms with Crippen LogP contribution in [0.5, 0.6) is 0 Å². The lowest BCUT2D eigenvalue weighted by Crippen LogP contribution is -2.18. The molecule has 0 aliphatic carbocycles. The largest absolute Gasteiger partial charge is 0.350 e. The molecule has 0 N–H and O–H groups in total. The molecule has 1 aromatic carbocycles. The number of pyridine rings is 1. The van der Waals surface area contributed by atoms with Crippen molar-refractivity contribution in [2.75, 3.05) is 6.26 Å². The maximum Gasteiger partial charge on any atom is 0.193 e. The summed E-state index contributed by atoms with van der Waals surface area (Å²) in [6, 6.07) is 5.74. The zero-order chi connectivity index (χ0) is 16.0. The van der Waals surface area contributed by atoms with E-state index in [4.69, 9.17) is 0 Å². The van der Waals surface area contributed by atoms with Crippen LogP contribution < -0.4 is 5.43 Å². The second-order valence-corrected chi connectivity index (χ2v) is 8.79. The van der Waals surface area contributed by atoms with Crippen LogP contribution >= 0.6 is 0 Å². The number of hydrogen-bond donors (Lipinski definition) is 0. The predicted molar refractivity (Wildman–Crippen MR) is 86.4 cm³/mol. The van der Waals surface area contributed by atoms with Gasteiger partial charge in [0.25, 0.3) is 0 Å². The summed E-state index contributed by atoms with van der Waals surface area (Å²) in [5, 5.41) is 0.562. The lowest BCUT2D eigenvalue weighted by molar-refractivity contribution is 0.590. The van der Waals surface area contributed by atoms with Crippen molar-refractivity contribution in [1.82, 2.24) is 4.57 Å². The van der Waals surface area contributed by atoms with E-state index in [1.807, 2.05) is 23.7 Å². The van der Waals surface area contributed by atoms with E-state index in [0.29, 0.717) is 10.9 Å². The third-order valence-electron chi connectivity index (χ3n) is 3.55. The third kappa shape index (κ3) is 3.35. The average Bonchev–Trinajstić information content (AvgIpc) is 2.32. The average molecular weight is 307 g/mol. The van der Waals surface area contributed by atoms with Gasteiger partial charge in [-0.1, -0.05) is 26.8 Å². The normalized spacial score (nSPS) is 12.8. The van der Waals surface area contributed by atoms with E-state index in [9.17, 15) is 13.2 Å². The van der Waals surface area contributed by atoms with Crippen LogP contribution in [0.3, 0.4) is 0 Å². The van der Waals surface area contributed by atoms with Gasteiger partial charge in [-0.25, -0.2) is 8.42 Å². The van der Waals surface area contributed by atoms with E-state index < -0.39 is 9.84 Å². The summed E-state index contributed by atoms with van der Waals surface area (Å²) in [4.78, 5) is 12.4. The molecule has 2 aromatic rings. The van der Waals surface area contributed by atoms with Crippen LogP contribution in [-0.4, -0.2) is 19.2 Å². The topological polar surface area (TPSA) is 56.1 Å². The first-order valence-corrected chi connectivity index (χ1v) is 8.85. The van der Waals surface area contributed by atoms with Crippen molar-refractivity contribution >= 4 is 20.7 Å². The van der Waals surface area contributed by atoms with Gasteiger partial charge < -0.3 is 4.57 Å². The lowest BCUT2D eigenvalue weighted by Gasteiger charge is -2.20. The molecule has 0 aliphatic heterocycles. The Morgan fingerprint density at radius 1 is 1.19 bits per heavy atom. The molecule has 114 valence electrons. The van der Waals surface area contributed by atoms with Crippen LogP contribution in [0, 0.1) is 0 Å². The van der Waals surface area contributed by atoms with Crippen LogP contribution in [0.15, 0.2) is 29.2 Å². The molecule has 2 rings (SSSR count). The third-order valence-corrected chi connectivity index (χ3v) is 4.38. The number of hydrogen-bond acceptors (Lipinski definition) is 3. The van der Waals surface area contributed by atoms with Gasteiger partial charge in [0.15, 0.2) is 15.3 Å². The number of sulfone groups is 1. The first kappa shape index (κ1) is 15.8. The molecule has 0 atom stereocenters. The van der Waals surface area contributed by atoms with Crippen molar-refractivity contribution in [3.63, 3.8) is 0 Å². The molecule has 0 fully saturated rings. The molecule has 0 unspecified atom stereocenters. The Kier molecular flexibility index (Phi) is 3.74. The molecule has 0 bridgehead atoms. The molecule has 4 nitrogen and oxygen atoms in total. The Bertz CT molecular complexity index is 855. The second-order valence-electron chi connectivity index (χ2n) is 6.65. The molecule has 0 spiro atoms. The van der Waals surface area contributed by atoms with Crippen LogP contribution in [0.4, 0.5) is 0 Å². The summed E-state index contributed by atoms with van der Waals surface area (Å²) in [6.45, 7) is 6.35. The Labute approximate surface area is 125 Å². The zero-order valence-corrected chi connectivity index (χ0v) is 13.9. The molecular weight excluding hydrogens is 286 g/mol. The van der Waals surface area contributed by atoms with Crippen molar-refractivity contribution in [2.24, 2.45) is 7.05 Å². The second kappa shape index (κ2) is 4.98. The van der Waals surface area contributed by atoms with Crippen molar-refractivity contribution < 1.29 is 8.42 Å². The molecule has 1 aromatic heterocycles. The first-order chi connectivity index (χ1) is 9.49. The van der Waals surface area contributed by atoms with Crippen LogP contribution in [0.25, 0.3) is 10.9 Å². The fourth-order valence-electron chi connectivity index (χ4n) is 2.40. The Balaban J connectivity index is 2.73. The van der Waals surface area contributed by atoms with Crippen molar-refractivity contribution in [3.05, 3.63) is 45.7 Å². The van der Waals surface area contributed by atoms with Gasteiger partial charge in [-0.3, -0.25) is 4.79 Å². The van der Waals surface area contributed by atoms with Gasteiger partial charge in [0.2, 0.25) is 0 Å². The minimum atomic E-state index is -3.23. The Morgan fingerprint density at radius 2 is 1.81 bits per heavy atom. The maximum atomic E-state index is 12.4. The molecule has 0 amide bonds. The molecule has 0 saturated carbocycles. The van der Waals surface area contributed by atoms with Crippen LogP contribution in [0.1, 0.15) is 31.9 Å². The summed E-state index contributed by atoms with van der Waals surface area (Å²) in [5.41, 5.74) is 2.07. The van der Waals surface area contributed by atoms with E-state index in [1.165, 1.54) is 0 Å². The SMILES string of the molecule is Cn1cc(CS(C)(=O)=O)c(=O)c2ccc(C(C)(C)C)cc21. The summed E-state index contributed by atoms with van der Waals surface area (Å²) in [5.74, 6) is -0.226. The molecule has 5 heteroatoms. The van der Waals surface area contributed by atoms with Crippen molar-refractivity contribution in [3.8, 4) is 0 Å². The quantitative estimate of drug-likeness (QED) is 0.856. The molecule has 0 saturated heterocycles. The van der Waals surface area contributed by atoms with E-state index >= 15 is 0 Å². The standard InChI is InChI=1S/C16H21NO3S/c1-16(2,3)12-6-7-13-14(8-12)17(4)9-11(15(13)18)10-21(5,19)20/h6-9H,10H2,1-5H3. The smallest absolute Gasteiger partial charge is 0.193 e.